The molecule has 4 rings (SSSR count). The van der Waals surface area contributed by atoms with Gasteiger partial charge < -0.3 is 0 Å². The van der Waals surface area contributed by atoms with Crippen LogP contribution in [0.3, 0.4) is 0 Å². The van der Waals surface area contributed by atoms with Crippen LogP contribution in [0.4, 0.5) is 11.4 Å². The van der Waals surface area contributed by atoms with Crippen LogP contribution in [0.5, 0.6) is 0 Å². The molecule has 0 aliphatic heterocycles. The third-order valence-corrected chi connectivity index (χ3v) is 5.95. The van der Waals surface area contributed by atoms with Gasteiger partial charge in [0.05, 0.1) is 0 Å². The van der Waals surface area contributed by atoms with Crippen LogP contribution in [0.15, 0.2) is 70.9 Å². The first kappa shape index (κ1) is 20.3. The van der Waals surface area contributed by atoms with E-state index in [1.54, 1.807) is 0 Å². The van der Waals surface area contributed by atoms with Crippen molar-refractivity contribution < 1.29 is 9.36 Å². The van der Waals surface area contributed by atoms with Gasteiger partial charge in [0, 0.05) is 13.8 Å². The van der Waals surface area contributed by atoms with Gasteiger partial charge in [0.2, 0.25) is 21.7 Å². The molecule has 2 aromatic heterocycles. The highest BCUT2D eigenvalue weighted by Crippen LogP contribution is 2.34. The van der Waals surface area contributed by atoms with E-state index in [2.05, 4.69) is 10.2 Å². The second kappa shape index (κ2) is 8.05. The summed E-state index contributed by atoms with van der Waals surface area (Å²) in [6, 6.07) is 19.8. The zero-order valence-corrected chi connectivity index (χ0v) is 18.7. The second-order valence-electron chi connectivity index (χ2n) is 6.99. The molecule has 0 fully saturated rings. The van der Waals surface area contributed by atoms with E-state index in [9.17, 15) is 0 Å². The normalized spacial score (nSPS) is 11.5. The van der Waals surface area contributed by atoms with E-state index < -0.39 is 0 Å². The fourth-order valence-corrected chi connectivity index (χ4v) is 4.18. The molecule has 0 saturated heterocycles. The van der Waals surface area contributed by atoms with Crippen molar-refractivity contribution in [1.82, 2.24) is 9.36 Å². The molecule has 0 amide bonds. The maximum absolute atomic E-state index is 6.69. The number of benzene rings is 2. The minimum atomic E-state index is 0.491. The fraction of sp³-hybridized carbons (Fsp3) is 0.182. The monoisotopic (exact) mass is 440 g/mol. The lowest BCUT2D eigenvalue weighted by Crippen LogP contribution is -2.40. The molecule has 0 spiro atoms. The molecule has 0 N–H and O–H groups in total. The van der Waals surface area contributed by atoms with Crippen molar-refractivity contribution in [3.8, 4) is 11.4 Å². The van der Waals surface area contributed by atoms with Gasteiger partial charge in [-0.05, 0) is 24.3 Å². The molecule has 0 radical (unpaired) electrons. The average molecular weight is 441 g/mol. The molecule has 2 heterocycles. The number of hydrogen-bond acceptors (Lipinski definition) is 2. The first-order valence-corrected chi connectivity index (χ1v) is 10.2. The van der Waals surface area contributed by atoms with Crippen LogP contribution in [0.25, 0.3) is 11.4 Å². The molecular formula is C22H22Cl2N6+2. The number of halogens is 2. The van der Waals surface area contributed by atoms with E-state index in [1.165, 1.54) is 0 Å². The minimum Gasteiger partial charge on any atom is -0.140 e. The Morgan fingerprint density at radius 3 is 1.30 bits per heavy atom. The molecule has 2 aromatic carbocycles. The number of hydrogen-bond donors (Lipinski definition) is 0. The highest BCUT2D eigenvalue weighted by molar-refractivity contribution is 6.32. The van der Waals surface area contributed by atoms with Crippen LogP contribution in [0.1, 0.15) is 11.4 Å². The predicted molar refractivity (Wildman–Crippen MR) is 118 cm³/mol. The smallest absolute Gasteiger partial charge is 0.140 e. The van der Waals surface area contributed by atoms with E-state index in [-0.39, 0.29) is 0 Å². The van der Waals surface area contributed by atoms with Gasteiger partial charge in [-0.3, -0.25) is 0 Å². The molecule has 0 saturated carbocycles. The first-order chi connectivity index (χ1) is 14.4. The van der Waals surface area contributed by atoms with E-state index in [0.717, 1.165) is 22.8 Å². The summed E-state index contributed by atoms with van der Waals surface area (Å²) in [5, 5.41) is 9.97. The summed E-state index contributed by atoms with van der Waals surface area (Å²) in [5.41, 5.74) is 4.90. The van der Waals surface area contributed by atoms with Crippen LogP contribution >= 0.6 is 23.2 Å². The number of nitrogens with zero attached hydrogens (tertiary/aromatic N) is 6. The molecule has 0 aliphatic rings. The number of rotatable bonds is 4. The SMILES string of the molecule is Cc1c(N=Nc2c(Cl)n(-c3ccccc3)[n+](C)c2C)c(Cl)n(-c2ccccc2)[n+]1C. The summed E-state index contributed by atoms with van der Waals surface area (Å²) in [6.45, 7) is 3.92. The molecular weight excluding hydrogens is 419 g/mol. The van der Waals surface area contributed by atoms with Gasteiger partial charge in [-0.15, -0.1) is 29.0 Å². The first-order valence-electron chi connectivity index (χ1n) is 9.48. The van der Waals surface area contributed by atoms with Gasteiger partial charge in [0.1, 0.15) is 11.4 Å². The van der Waals surface area contributed by atoms with Crippen LogP contribution in [0, 0.1) is 13.8 Å². The Hall–Kier alpha value is -2.96. The van der Waals surface area contributed by atoms with Gasteiger partial charge >= 0.3 is 0 Å². The Kier molecular flexibility index (Phi) is 5.45. The van der Waals surface area contributed by atoms with Gasteiger partial charge in [-0.25, -0.2) is 0 Å². The lowest BCUT2D eigenvalue weighted by Gasteiger charge is -2.00. The summed E-state index contributed by atoms with van der Waals surface area (Å²) in [7, 11) is 3.88. The van der Waals surface area contributed by atoms with Crippen molar-refractivity contribution in [1.29, 1.82) is 0 Å². The van der Waals surface area contributed by atoms with E-state index in [1.807, 2.05) is 107 Å². The fourth-order valence-electron chi connectivity index (χ4n) is 3.41. The van der Waals surface area contributed by atoms with Gasteiger partial charge in [0.15, 0.2) is 25.5 Å². The zero-order chi connectivity index (χ0) is 21.4. The molecule has 6 nitrogen and oxygen atoms in total. The number of azo groups is 1. The molecule has 0 aliphatic carbocycles. The average Bonchev–Trinajstić information content (AvgIpc) is 3.10. The largest absolute Gasteiger partial charge is 0.234 e. The zero-order valence-electron chi connectivity index (χ0n) is 17.2. The van der Waals surface area contributed by atoms with Crippen LogP contribution < -0.4 is 9.36 Å². The quantitative estimate of drug-likeness (QED) is 0.307. The molecule has 4 aromatic rings. The maximum Gasteiger partial charge on any atom is 0.234 e. The van der Waals surface area contributed by atoms with E-state index in [0.29, 0.717) is 21.7 Å². The summed E-state index contributed by atoms with van der Waals surface area (Å²) in [5.74, 6) is 0. The molecule has 152 valence electrons. The summed E-state index contributed by atoms with van der Waals surface area (Å²) >= 11 is 13.4. The van der Waals surface area contributed by atoms with Gasteiger partial charge in [-0.1, -0.05) is 59.6 Å². The lowest BCUT2D eigenvalue weighted by atomic mass is 10.3. The topological polar surface area (TPSA) is 42.3 Å². The molecule has 0 atom stereocenters. The highest BCUT2D eigenvalue weighted by Gasteiger charge is 2.28. The van der Waals surface area contributed by atoms with Crippen molar-refractivity contribution in [2.75, 3.05) is 0 Å². The van der Waals surface area contributed by atoms with Crippen LogP contribution in [0.2, 0.25) is 10.3 Å². The molecule has 8 heteroatoms. The molecule has 0 bridgehead atoms. The molecule has 30 heavy (non-hydrogen) atoms. The Balaban J connectivity index is 1.79. The van der Waals surface area contributed by atoms with Gasteiger partial charge in [-0.2, -0.15) is 0 Å². The van der Waals surface area contributed by atoms with Crippen LogP contribution in [-0.2, 0) is 14.1 Å². The summed E-state index contributed by atoms with van der Waals surface area (Å²) < 4.78 is 7.70. The van der Waals surface area contributed by atoms with Crippen molar-refractivity contribution >= 4 is 34.6 Å². The summed E-state index contributed by atoms with van der Waals surface area (Å²) in [4.78, 5) is 0. The van der Waals surface area contributed by atoms with E-state index >= 15 is 0 Å². The Morgan fingerprint density at radius 2 is 0.967 bits per heavy atom. The minimum absolute atomic E-state index is 0.491. The third kappa shape index (κ3) is 3.32. The van der Waals surface area contributed by atoms with Gasteiger partial charge in [0.25, 0.3) is 0 Å². The third-order valence-electron chi connectivity index (χ3n) is 5.27. The van der Waals surface area contributed by atoms with Crippen LogP contribution in [-0.4, -0.2) is 9.36 Å². The van der Waals surface area contributed by atoms with E-state index in [4.69, 9.17) is 23.2 Å². The number of aromatic nitrogens is 4. The lowest BCUT2D eigenvalue weighted by molar-refractivity contribution is -0.749. The second-order valence-corrected chi connectivity index (χ2v) is 7.71. The molecule has 0 unspecified atom stereocenters. The Bertz CT molecular complexity index is 1140. The van der Waals surface area contributed by atoms with Crippen molar-refractivity contribution in [3.05, 3.63) is 82.4 Å². The van der Waals surface area contributed by atoms with Crippen molar-refractivity contribution in [2.45, 2.75) is 13.8 Å². The van der Waals surface area contributed by atoms with Crippen molar-refractivity contribution in [3.63, 3.8) is 0 Å². The standard InChI is InChI=1S/C22H22Cl2N6/c1-15-19(21(23)29(27(15)3)17-11-7-5-8-12-17)25-26-20-16(2)28(4)30(22(20)24)18-13-9-6-10-14-18/h5-14H,1-4H3/q+2. The Labute approximate surface area is 185 Å². The highest BCUT2D eigenvalue weighted by atomic mass is 35.5. The predicted octanol–water partition coefficient (Wildman–Crippen LogP) is 5.26. The van der Waals surface area contributed by atoms with Crippen molar-refractivity contribution in [2.24, 2.45) is 24.3 Å². The Morgan fingerprint density at radius 1 is 0.633 bits per heavy atom. The number of para-hydroxylation sites is 2. The maximum atomic E-state index is 6.69. The summed E-state index contributed by atoms with van der Waals surface area (Å²) in [6.07, 6.45) is 0.